The van der Waals surface area contributed by atoms with Gasteiger partial charge >= 0.3 is 0 Å². The Morgan fingerprint density at radius 3 is 2.55 bits per heavy atom. The van der Waals surface area contributed by atoms with Crippen LogP contribution in [0.4, 0.5) is 0 Å². The highest BCUT2D eigenvalue weighted by Crippen LogP contribution is 2.18. The molecule has 2 aromatic rings. The Balaban J connectivity index is 0.00000242. The highest BCUT2D eigenvalue weighted by molar-refractivity contribution is 7.11. The lowest BCUT2D eigenvalue weighted by Gasteiger charge is -2.11. The van der Waals surface area contributed by atoms with Gasteiger partial charge in [0.1, 0.15) is 10.0 Å². The summed E-state index contributed by atoms with van der Waals surface area (Å²) >= 11 is 1.52. The molecule has 3 N–H and O–H groups in total. The molecule has 0 aliphatic carbocycles. The van der Waals surface area contributed by atoms with Crippen molar-refractivity contribution in [3.05, 3.63) is 45.9 Å². The topological polar surface area (TPSA) is 80.9 Å². The van der Waals surface area contributed by atoms with Gasteiger partial charge in [-0.1, -0.05) is 55.5 Å². The molecule has 5 nitrogen and oxygen atoms in total. The summed E-state index contributed by atoms with van der Waals surface area (Å²) in [5, 5.41) is 12.8. The molecule has 0 unspecified atom stereocenters. The fourth-order valence-corrected chi connectivity index (χ4v) is 2.61. The number of carbonyl (C=O) groups excluding carboxylic acids is 1. The van der Waals surface area contributed by atoms with Crippen LogP contribution in [0, 0.1) is 0 Å². The van der Waals surface area contributed by atoms with E-state index in [0.717, 1.165) is 15.6 Å². The number of hydrogen-bond acceptors (Lipinski definition) is 5. The van der Waals surface area contributed by atoms with Crippen LogP contribution in [-0.2, 0) is 17.8 Å². The molecule has 0 radical (unpaired) electrons. The number of aromatic nitrogens is 2. The second kappa shape index (κ2) is 8.82. The van der Waals surface area contributed by atoms with Crippen LogP contribution in [0.15, 0.2) is 30.3 Å². The number of halogens is 1. The van der Waals surface area contributed by atoms with Gasteiger partial charge in [0, 0.05) is 5.92 Å². The summed E-state index contributed by atoms with van der Waals surface area (Å²) in [6.07, 6.45) is 0.528. The van der Waals surface area contributed by atoms with E-state index in [2.05, 4.69) is 29.4 Å². The van der Waals surface area contributed by atoms with E-state index in [4.69, 9.17) is 5.73 Å². The molecule has 1 heterocycles. The quantitative estimate of drug-likeness (QED) is 0.845. The largest absolute Gasteiger partial charge is 0.348 e. The number of nitrogens with one attached hydrogen (secondary N) is 1. The second-order valence-electron chi connectivity index (χ2n) is 5.20. The molecule has 1 aromatic carbocycles. The van der Waals surface area contributed by atoms with Gasteiger partial charge in [-0.25, -0.2) is 0 Å². The van der Waals surface area contributed by atoms with E-state index in [1.165, 1.54) is 11.3 Å². The summed E-state index contributed by atoms with van der Waals surface area (Å²) in [6, 6.07) is 9.20. The third-order valence-corrected chi connectivity index (χ3v) is 4.25. The van der Waals surface area contributed by atoms with Gasteiger partial charge < -0.3 is 11.1 Å². The lowest BCUT2D eigenvalue weighted by Crippen LogP contribution is -2.41. The third-order valence-electron chi connectivity index (χ3n) is 3.03. The van der Waals surface area contributed by atoms with Crippen LogP contribution < -0.4 is 11.1 Å². The SMILES string of the molecule is CC(C)c1nnc(CNC(=O)[C@@H](N)Cc2ccccc2)s1.Cl. The highest BCUT2D eigenvalue weighted by atomic mass is 35.5. The Kier molecular flexibility index (Phi) is 7.44. The molecular formula is C15H21ClN4OS. The van der Waals surface area contributed by atoms with E-state index in [9.17, 15) is 4.79 Å². The van der Waals surface area contributed by atoms with Crippen molar-refractivity contribution in [1.29, 1.82) is 0 Å². The number of carbonyl (C=O) groups is 1. The molecule has 0 spiro atoms. The van der Waals surface area contributed by atoms with Crippen LogP contribution in [0.1, 0.15) is 35.3 Å². The van der Waals surface area contributed by atoms with Gasteiger partial charge in [-0.3, -0.25) is 4.79 Å². The fraction of sp³-hybridized carbons (Fsp3) is 0.400. The summed E-state index contributed by atoms with van der Waals surface area (Å²) in [6.45, 7) is 4.52. The molecule has 1 atom stereocenters. The molecule has 0 aliphatic heterocycles. The van der Waals surface area contributed by atoms with E-state index in [0.29, 0.717) is 18.9 Å². The fourth-order valence-electron chi connectivity index (χ4n) is 1.83. The van der Waals surface area contributed by atoms with Crippen LogP contribution in [0.5, 0.6) is 0 Å². The normalized spacial score (nSPS) is 11.8. The monoisotopic (exact) mass is 340 g/mol. The summed E-state index contributed by atoms with van der Waals surface area (Å²) in [4.78, 5) is 12.0. The van der Waals surface area contributed by atoms with E-state index >= 15 is 0 Å². The minimum absolute atomic E-state index is 0. The molecule has 120 valence electrons. The number of nitrogens with zero attached hydrogens (tertiary/aromatic N) is 2. The first kappa shape index (κ1) is 18.5. The van der Waals surface area contributed by atoms with Crippen molar-refractivity contribution < 1.29 is 4.79 Å². The standard InChI is InChI=1S/C15H20N4OS.ClH/c1-10(2)15-19-18-13(21-15)9-17-14(20)12(16)8-11-6-4-3-5-7-11;/h3-7,10,12H,8-9,16H2,1-2H3,(H,17,20);1H/t12-;/m0./s1. The maximum absolute atomic E-state index is 12.0. The number of benzene rings is 1. The predicted molar refractivity (Wildman–Crippen MR) is 91.2 cm³/mol. The number of hydrogen-bond donors (Lipinski definition) is 2. The van der Waals surface area contributed by atoms with E-state index in [-0.39, 0.29) is 18.3 Å². The smallest absolute Gasteiger partial charge is 0.237 e. The first-order chi connectivity index (χ1) is 10.1. The van der Waals surface area contributed by atoms with Gasteiger partial charge in [0.25, 0.3) is 0 Å². The first-order valence-corrected chi connectivity index (χ1v) is 7.77. The minimum Gasteiger partial charge on any atom is -0.348 e. The maximum atomic E-state index is 12.0. The lowest BCUT2D eigenvalue weighted by atomic mass is 10.1. The van der Waals surface area contributed by atoms with E-state index < -0.39 is 6.04 Å². The minimum atomic E-state index is -0.551. The van der Waals surface area contributed by atoms with Crippen molar-refractivity contribution >= 4 is 29.7 Å². The summed E-state index contributed by atoms with van der Waals surface area (Å²) in [5.74, 6) is 0.187. The third kappa shape index (κ3) is 5.36. The zero-order valence-electron chi connectivity index (χ0n) is 12.7. The Hall–Kier alpha value is -1.50. The zero-order chi connectivity index (χ0) is 15.2. The molecule has 0 fully saturated rings. The van der Waals surface area contributed by atoms with Crippen LogP contribution in [0.2, 0.25) is 0 Å². The molecule has 1 amide bonds. The Morgan fingerprint density at radius 1 is 1.27 bits per heavy atom. The van der Waals surface area contributed by atoms with Crippen molar-refractivity contribution in [3.8, 4) is 0 Å². The molecule has 0 saturated carbocycles. The average molecular weight is 341 g/mol. The lowest BCUT2D eigenvalue weighted by molar-refractivity contribution is -0.122. The molecule has 0 aliphatic rings. The van der Waals surface area contributed by atoms with Crippen LogP contribution in [0.25, 0.3) is 0 Å². The molecule has 0 bridgehead atoms. The van der Waals surface area contributed by atoms with E-state index in [1.807, 2.05) is 30.3 Å². The van der Waals surface area contributed by atoms with Crippen molar-refractivity contribution in [2.45, 2.75) is 38.8 Å². The first-order valence-electron chi connectivity index (χ1n) is 6.95. The van der Waals surface area contributed by atoms with Gasteiger partial charge in [-0.05, 0) is 12.0 Å². The Labute approximate surface area is 140 Å². The summed E-state index contributed by atoms with van der Waals surface area (Å²) in [5.41, 5.74) is 6.98. The van der Waals surface area contributed by atoms with Gasteiger partial charge in [0.2, 0.25) is 5.91 Å². The molecule has 0 saturated heterocycles. The summed E-state index contributed by atoms with van der Waals surface area (Å²) < 4.78 is 0. The molecule has 2 rings (SSSR count). The molecule has 1 aromatic heterocycles. The number of nitrogens with two attached hydrogens (primary N) is 1. The highest BCUT2D eigenvalue weighted by Gasteiger charge is 2.15. The number of rotatable bonds is 6. The average Bonchev–Trinajstić information content (AvgIpc) is 2.95. The molecule has 22 heavy (non-hydrogen) atoms. The van der Waals surface area contributed by atoms with Crippen molar-refractivity contribution in [2.75, 3.05) is 0 Å². The van der Waals surface area contributed by atoms with Gasteiger partial charge in [0.05, 0.1) is 12.6 Å². The number of amides is 1. The van der Waals surface area contributed by atoms with E-state index in [1.54, 1.807) is 0 Å². The van der Waals surface area contributed by atoms with Gasteiger partial charge in [-0.2, -0.15) is 0 Å². The van der Waals surface area contributed by atoms with Crippen LogP contribution in [-0.4, -0.2) is 22.1 Å². The predicted octanol–water partition coefficient (Wildman–Crippen LogP) is 2.27. The molecule has 7 heteroatoms. The van der Waals surface area contributed by atoms with Crippen molar-refractivity contribution in [1.82, 2.24) is 15.5 Å². The Morgan fingerprint density at radius 2 is 1.95 bits per heavy atom. The van der Waals surface area contributed by atoms with Crippen molar-refractivity contribution in [3.63, 3.8) is 0 Å². The molecular weight excluding hydrogens is 320 g/mol. The van der Waals surface area contributed by atoms with Crippen molar-refractivity contribution in [2.24, 2.45) is 5.73 Å². The Bertz CT molecular complexity index is 588. The van der Waals surface area contributed by atoms with Gasteiger partial charge in [0.15, 0.2) is 0 Å². The van der Waals surface area contributed by atoms with Crippen LogP contribution in [0.3, 0.4) is 0 Å². The summed E-state index contributed by atoms with van der Waals surface area (Å²) in [7, 11) is 0. The van der Waals surface area contributed by atoms with Crippen LogP contribution >= 0.6 is 23.7 Å². The second-order valence-corrected chi connectivity index (χ2v) is 6.30. The maximum Gasteiger partial charge on any atom is 0.237 e. The van der Waals surface area contributed by atoms with Gasteiger partial charge in [-0.15, -0.1) is 22.6 Å². The zero-order valence-corrected chi connectivity index (χ0v) is 14.3.